The minimum Gasteiger partial charge on any atom is -0.386 e. The van der Waals surface area contributed by atoms with E-state index in [0.29, 0.717) is 5.82 Å². The minimum absolute atomic E-state index is 0.169. The normalized spacial score (nSPS) is 13.2. The molecule has 0 aliphatic heterocycles. The SMILES string of the molecule is CCC(/C=C\C=C(N)N)c1nnnn1C(C)C. The number of hydrogen-bond acceptors (Lipinski definition) is 5. The molecule has 1 aromatic heterocycles. The maximum atomic E-state index is 5.36. The zero-order valence-corrected chi connectivity index (χ0v) is 10.5. The molecule has 6 nitrogen and oxygen atoms in total. The lowest BCUT2D eigenvalue weighted by molar-refractivity contribution is 0.482. The van der Waals surface area contributed by atoms with E-state index in [-0.39, 0.29) is 12.0 Å². The Morgan fingerprint density at radius 2 is 2.12 bits per heavy atom. The average Bonchev–Trinajstić information content (AvgIpc) is 2.72. The first kappa shape index (κ1) is 13.2. The molecule has 1 rings (SSSR count). The molecule has 6 heteroatoms. The second-order valence-corrected chi connectivity index (χ2v) is 4.14. The predicted molar refractivity (Wildman–Crippen MR) is 66.8 cm³/mol. The van der Waals surface area contributed by atoms with E-state index in [4.69, 9.17) is 11.5 Å². The quantitative estimate of drug-likeness (QED) is 0.745. The number of tetrazole rings is 1. The summed E-state index contributed by atoms with van der Waals surface area (Å²) in [4.78, 5) is 0. The van der Waals surface area contributed by atoms with Crippen molar-refractivity contribution in [2.24, 2.45) is 11.5 Å². The molecule has 1 heterocycles. The zero-order valence-electron chi connectivity index (χ0n) is 10.5. The molecule has 0 saturated carbocycles. The van der Waals surface area contributed by atoms with E-state index in [9.17, 15) is 0 Å². The van der Waals surface area contributed by atoms with Crippen LogP contribution in [0, 0.1) is 0 Å². The van der Waals surface area contributed by atoms with Crippen LogP contribution < -0.4 is 11.5 Å². The van der Waals surface area contributed by atoms with Crippen LogP contribution in [0.15, 0.2) is 24.0 Å². The summed E-state index contributed by atoms with van der Waals surface area (Å²) < 4.78 is 1.83. The highest BCUT2D eigenvalue weighted by molar-refractivity contribution is 5.14. The third-order valence-electron chi connectivity index (χ3n) is 2.41. The summed E-state index contributed by atoms with van der Waals surface area (Å²) in [6.45, 7) is 6.19. The van der Waals surface area contributed by atoms with Crippen LogP contribution in [0.1, 0.15) is 45.0 Å². The van der Waals surface area contributed by atoms with Gasteiger partial charge >= 0.3 is 0 Å². The lowest BCUT2D eigenvalue weighted by atomic mass is 10.0. The highest BCUT2D eigenvalue weighted by Gasteiger charge is 2.16. The van der Waals surface area contributed by atoms with Crippen molar-refractivity contribution in [2.75, 3.05) is 0 Å². The molecule has 0 aliphatic rings. The molecule has 94 valence electrons. The Morgan fingerprint density at radius 3 is 2.65 bits per heavy atom. The van der Waals surface area contributed by atoms with Gasteiger partial charge < -0.3 is 11.5 Å². The second kappa shape index (κ2) is 6.03. The summed E-state index contributed by atoms with van der Waals surface area (Å²) in [5.74, 6) is 1.32. The lowest BCUT2D eigenvalue weighted by Gasteiger charge is -2.12. The van der Waals surface area contributed by atoms with Crippen LogP contribution in [-0.4, -0.2) is 20.2 Å². The van der Waals surface area contributed by atoms with Gasteiger partial charge in [0.2, 0.25) is 0 Å². The monoisotopic (exact) mass is 236 g/mol. The smallest absolute Gasteiger partial charge is 0.158 e. The maximum absolute atomic E-state index is 5.36. The van der Waals surface area contributed by atoms with Crippen molar-refractivity contribution in [3.05, 3.63) is 29.9 Å². The molecule has 1 atom stereocenters. The van der Waals surface area contributed by atoms with Gasteiger partial charge in [-0.25, -0.2) is 4.68 Å². The van der Waals surface area contributed by atoms with E-state index in [1.54, 1.807) is 6.08 Å². The van der Waals surface area contributed by atoms with Crippen LogP contribution in [0.4, 0.5) is 0 Å². The molecule has 0 aliphatic carbocycles. The van der Waals surface area contributed by atoms with E-state index in [0.717, 1.165) is 12.2 Å². The first-order chi connectivity index (χ1) is 8.06. The number of hydrogen-bond donors (Lipinski definition) is 2. The van der Waals surface area contributed by atoms with E-state index in [2.05, 4.69) is 22.4 Å². The van der Waals surface area contributed by atoms with Crippen LogP contribution in [0.25, 0.3) is 0 Å². The summed E-state index contributed by atoms with van der Waals surface area (Å²) in [6.07, 6.45) is 6.42. The molecule has 0 spiro atoms. The molecule has 0 radical (unpaired) electrons. The average molecular weight is 236 g/mol. The lowest BCUT2D eigenvalue weighted by Crippen LogP contribution is -2.11. The standard InChI is InChI=1S/C11H20N6/c1-4-9(6-5-7-10(12)13)11-14-15-16-17(11)8(2)3/h5-9H,4,12-13H2,1-3H3/b6-5-. The Bertz CT molecular complexity index is 400. The first-order valence-electron chi connectivity index (χ1n) is 5.73. The van der Waals surface area contributed by atoms with E-state index < -0.39 is 0 Å². The van der Waals surface area contributed by atoms with Crippen molar-refractivity contribution in [1.82, 2.24) is 20.2 Å². The molecule has 0 aromatic carbocycles. The van der Waals surface area contributed by atoms with Crippen LogP contribution in [0.2, 0.25) is 0 Å². The Kier molecular flexibility index (Phi) is 4.68. The largest absolute Gasteiger partial charge is 0.386 e. The molecule has 0 bridgehead atoms. The number of nitrogens with zero attached hydrogens (tertiary/aromatic N) is 4. The van der Waals surface area contributed by atoms with Gasteiger partial charge in [-0.2, -0.15) is 0 Å². The molecular formula is C11H20N6. The highest BCUT2D eigenvalue weighted by Crippen LogP contribution is 2.20. The van der Waals surface area contributed by atoms with Gasteiger partial charge in [0.1, 0.15) is 0 Å². The Labute approximate surface area is 101 Å². The fourth-order valence-corrected chi connectivity index (χ4v) is 1.52. The van der Waals surface area contributed by atoms with Gasteiger partial charge in [0.15, 0.2) is 5.82 Å². The molecule has 1 aromatic rings. The predicted octanol–water partition coefficient (Wildman–Crippen LogP) is 1.06. The Balaban J connectivity index is 2.90. The molecule has 0 saturated heterocycles. The van der Waals surface area contributed by atoms with Crippen molar-refractivity contribution in [3.63, 3.8) is 0 Å². The third-order valence-corrected chi connectivity index (χ3v) is 2.41. The van der Waals surface area contributed by atoms with Gasteiger partial charge in [0.25, 0.3) is 0 Å². The topological polar surface area (TPSA) is 95.6 Å². The Morgan fingerprint density at radius 1 is 1.41 bits per heavy atom. The number of rotatable bonds is 5. The number of nitrogens with two attached hydrogens (primary N) is 2. The summed E-state index contributed by atoms with van der Waals surface area (Å²) >= 11 is 0. The second-order valence-electron chi connectivity index (χ2n) is 4.14. The van der Waals surface area contributed by atoms with Crippen molar-refractivity contribution in [3.8, 4) is 0 Å². The molecule has 1 unspecified atom stereocenters. The van der Waals surface area contributed by atoms with Gasteiger partial charge in [-0.05, 0) is 36.8 Å². The summed E-state index contributed by atoms with van der Waals surface area (Å²) in [6, 6.07) is 0.248. The van der Waals surface area contributed by atoms with Gasteiger partial charge in [0, 0.05) is 5.92 Å². The van der Waals surface area contributed by atoms with Crippen LogP contribution in [0.5, 0.6) is 0 Å². The van der Waals surface area contributed by atoms with Crippen molar-refractivity contribution in [2.45, 2.75) is 39.2 Å². The maximum Gasteiger partial charge on any atom is 0.158 e. The fourth-order valence-electron chi connectivity index (χ4n) is 1.52. The fraction of sp³-hybridized carbons (Fsp3) is 0.545. The summed E-state index contributed by atoms with van der Waals surface area (Å²) in [5.41, 5.74) is 10.7. The number of allylic oxidation sites excluding steroid dienone is 3. The molecule has 0 fully saturated rings. The third kappa shape index (κ3) is 3.58. The van der Waals surface area contributed by atoms with Gasteiger partial charge in [-0.3, -0.25) is 0 Å². The van der Waals surface area contributed by atoms with E-state index in [1.165, 1.54) is 0 Å². The van der Waals surface area contributed by atoms with E-state index >= 15 is 0 Å². The van der Waals surface area contributed by atoms with Gasteiger partial charge in [-0.15, -0.1) is 5.10 Å². The molecule has 4 N–H and O–H groups in total. The molecule has 17 heavy (non-hydrogen) atoms. The number of aromatic nitrogens is 4. The van der Waals surface area contributed by atoms with Crippen molar-refractivity contribution in [1.29, 1.82) is 0 Å². The Hall–Kier alpha value is -1.85. The molecule has 0 amide bonds. The van der Waals surface area contributed by atoms with Crippen molar-refractivity contribution >= 4 is 0 Å². The van der Waals surface area contributed by atoms with Crippen LogP contribution >= 0.6 is 0 Å². The first-order valence-corrected chi connectivity index (χ1v) is 5.73. The minimum atomic E-state index is 0.169. The zero-order chi connectivity index (χ0) is 12.8. The van der Waals surface area contributed by atoms with E-state index in [1.807, 2.05) is 30.7 Å². The highest BCUT2D eigenvalue weighted by atomic mass is 15.5. The summed E-state index contributed by atoms with van der Waals surface area (Å²) in [5, 5.41) is 11.8. The summed E-state index contributed by atoms with van der Waals surface area (Å²) in [7, 11) is 0. The molecular weight excluding hydrogens is 216 g/mol. The van der Waals surface area contributed by atoms with Crippen LogP contribution in [-0.2, 0) is 0 Å². The van der Waals surface area contributed by atoms with Crippen LogP contribution in [0.3, 0.4) is 0 Å². The van der Waals surface area contributed by atoms with Gasteiger partial charge in [-0.1, -0.05) is 19.1 Å². The van der Waals surface area contributed by atoms with Crippen molar-refractivity contribution < 1.29 is 0 Å². The van der Waals surface area contributed by atoms with Gasteiger partial charge in [0.05, 0.1) is 11.9 Å².